The molecule has 4 unspecified atom stereocenters. The first-order valence-corrected chi connectivity index (χ1v) is 14.2. The highest BCUT2D eigenvalue weighted by Gasteiger charge is 2.32. The molecule has 0 radical (unpaired) electrons. The van der Waals surface area contributed by atoms with Crippen molar-refractivity contribution in [1.82, 2.24) is 10.6 Å². The predicted molar refractivity (Wildman–Crippen MR) is 153 cm³/mol. The van der Waals surface area contributed by atoms with Crippen LogP contribution in [0.5, 0.6) is 11.5 Å². The Morgan fingerprint density at radius 2 is 1.95 bits per heavy atom. The molecule has 0 aromatic heterocycles. The van der Waals surface area contributed by atoms with Crippen LogP contribution in [0.4, 0.5) is 0 Å². The molecular formula is C29H49N5O5. The van der Waals surface area contributed by atoms with Crippen LogP contribution >= 0.6 is 0 Å². The van der Waals surface area contributed by atoms with Gasteiger partial charge < -0.3 is 30.0 Å². The van der Waals surface area contributed by atoms with Gasteiger partial charge in [-0.05, 0) is 73.2 Å². The summed E-state index contributed by atoms with van der Waals surface area (Å²) in [5.41, 5.74) is 10.4. The van der Waals surface area contributed by atoms with Crippen molar-refractivity contribution < 1.29 is 24.1 Å². The zero-order chi connectivity index (χ0) is 28.8. The lowest BCUT2D eigenvalue weighted by atomic mass is 9.80. The van der Waals surface area contributed by atoms with Gasteiger partial charge in [0.05, 0.1) is 25.9 Å². The van der Waals surface area contributed by atoms with Gasteiger partial charge in [-0.1, -0.05) is 38.9 Å². The number of aliphatic hydroxyl groups excluding tert-OH is 1. The second-order valence-electron chi connectivity index (χ2n) is 11.2. The molecular weight excluding hydrogens is 498 g/mol. The van der Waals surface area contributed by atoms with Gasteiger partial charge in [0.15, 0.2) is 11.5 Å². The lowest BCUT2D eigenvalue weighted by Crippen LogP contribution is -2.43. The maximum atomic E-state index is 13.0. The molecule has 2 rings (SSSR count). The zero-order valence-electron chi connectivity index (χ0n) is 24.6. The van der Waals surface area contributed by atoms with Gasteiger partial charge >= 0.3 is 0 Å². The lowest BCUT2D eigenvalue weighted by molar-refractivity contribution is -0.128. The number of benzene rings is 1. The Bertz CT molecular complexity index is 915. The van der Waals surface area contributed by atoms with E-state index in [0.717, 1.165) is 37.9 Å². The van der Waals surface area contributed by atoms with E-state index in [1.807, 2.05) is 32.0 Å². The Balaban J connectivity index is 2.12. The lowest BCUT2D eigenvalue weighted by Gasteiger charge is -2.30. The molecule has 0 aliphatic carbocycles. The quantitative estimate of drug-likeness (QED) is 0.107. The Labute approximate surface area is 233 Å². The molecule has 1 saturated heterocycles. The number of methoxy groups -OCH3 is 2. The summed E-state index contributed by atoms with van der Waals surface area (Å²) in [6, 6.07) is 5.41. The van der Waals surface area contributed by atoms with E-state index in [1.165, 1.54) is 0 Å². The molecule has 10 heteroatoms. The maximum absolute atomic E-state index is 13.0. The highest BCUT2D eigenvalue weighted by atomic mass is 16.5. The molecule has 1 aliphatic heterocycles. The third-order valence-corrected chi connectivity index (χ3v) is 7.65. The molecule has 1 aliphatic rings. The van der Waals surface area contributed by atoms with Gasteiger partial charge in [0.1, 0.15) is 0 Å². The summed E-state index contributed by atoms with van der Waals surface area (Å²) in [4.78, 5) is 16.1. The van der Waals surface area contributed by atoms with Crippen LogP contribution < -0.4 is 20.1 Å². The second-order valence-corrected chi connectivity index (χ2v) is 11.2. The predicted octanol–water partition coefficient (Wildman–Crippen LogP) is 4.50. The normalized spacial score (nSPS) is 18.3. The fraction of sp³-hybridized carbons (Fsp3) is 0.759. The summed E-state index contributed by atoms with van der Waals surface area (Å²) in [5, 5.41) is 21.6. The minimum absolute atomic E-state index is 0.0447. The average molecular weight is 548 g/mol. The van der Waals surface area contributed by atoms with E-state index in [9.17, 15) is 15.4 Å². The highest BCUT2D eigenvalue weighted by Crippen LogP contribution is 2.32. The van der Waals surface area contributed by atoms with E-state index in [2.05, 4.69) is 34.5 Å². The maximum Gasteiger partial charge on any atom is 0.223 e. The molecule has 10 nitrogen and oxygen atoms in total. The molecule has 1 amide bonds. The molecule has 5 atom stereocenters. The van der Waals surface area contributed by atoms with Crippen LogP contribution in [-0.2, 0) is 16.0 Å². The third-order valence-electron chi connectivity index (χ3n) is 7.65. The van der Waals surface area contributed by atoms with E-state index in [0.29, 0.717) is 31.1 Å². The number of nitrogens with one attached hydrogen (secondary N) is 2. The summed E-state index contributed by atoms with van der Waals surface area (Å²) < 4.78 is 16.5. The van der Waals surface area contributed by atoms with Crippen molar-refractivity contribution >= 4 is 5.91 Å². The number of amides is 1. The summed E-state index contributed by atoms with van der Waals surface area (Å²) in [7, 11) is 3.29. The minimum Gasteiger partial charge on any atom is -0.493 e. The molecule has 3 N–H and O–H groups in total. The molecule has 0 spiro atoms. The number of rotatable bonds is 18. The van der Waals surface area contributed by atoms with E-state index in [4.69, 9.17) is 14.2 Å². The number of ether oxygens (including phenoxy) is 3. The van der Waals surface area contributed by atoms with Crippen LogP contribution in [0.2, 0.25) is 0 Å². The number of hydrogen-bond acceptors (Lipinski definition) is 7. The number of carbonyl (C=O) groups excluding carboxylic acids is 1. The van der Waals surface area contributed by atoms with Gasteiger partial charge in [-0.3, -0.25) is 4.79 Å². The van der Waals surface area contributed by atoms with Gasteiger partial charge in [-0.15, -0.1) is 0 Å². The molecule has 1 fully saturated rings. The van der Waals surface area contributed by atoms with E-state index in [-0.39, 0.29) is 42.0 Å². The molecule has 0 bridgehead atoms. The van der Waals surface area contributed by atoms with Gasteiger partial charge in [0, 0.05) is 43.6 Å². The average Bonchev–Trinajstić information content (AvgIpc) is 3.41. The Morgan fingerprint density at radius 1 is 1.18 bits per heavy atom. The Hall–Kier alpha value is -2.52. The van der Waals surface area contributed by atoms with Crippen LogP contribution in [0, 0.1) is 23.7 Å². The second kappa shape index (κ2) is 17.2. The summed E-state index contributed by atoms with van der Waals surface area (Å²) in [5.74, 6) is 1.40. The van der Waals surface area contributed by atoms with E-state index in [1.54, 1.807) is 14.2 Å². The number of nitrogens with zero attached hydrogens (tertiary/aromatic N) is 3. The zero-order valence-corrected chi connectivity index (χ0v) is 24.6. The highest BCUT2D eigenvalue weighted by molar-refractivity contribution is 5.79. The largest absolute Gasteiger partial charge is 0.493 e. The van der Waals surface area contributed by atoms with Crippen molar-refractivity contribution in [1.29, 1.82) is 0 Å². The number of hydrogen-bond donors (Lipinski definition) is 3. The Morgan fingerprint density at radius 3 is 2.54 bits per heavy atom. The van der Waals surface area contributed by atoms with Crippen molar-refractivity contribution in [2.75, 3.05) is 40.5 Å². The summed E-state index contributed by atoms with van der Waals surface area (Å²) in [6.45, 7) is 11.1. The van der Waals surface area contributed by atoms with Crippen LogP contribution in [0.1, 0.15) is 58.9 Å². The first-order valence-electron chi connectivity index (χ1n) is 14.2. The van der Waals surface area contributed by atoms with Gasteiger partial charge in [0.2, 0.25) is 5.91 Å². The first-order chi connectivity index (χ1) is 18.7. The van der Waals surface area contributed by atoms with Crippen LogP contribution in [0.25, 0.3) is 10.4 Å². The third kappa shape index (κ3) is 10.9. The Kier molecular flexibility index (Phi) is 14.4. The fourth-order valence-corrected chi connectivity index (χ4v) is 5.08. The van der Waals surface area contributed by atoms with E-state index >= 15 is 0 Å². The fourth-order valence-electron chi connectivity index (χ4n) is 5.08. The topological polar surface area (TPSA) is 138 Å². The van der Waals surface area contributed by atoms with Crippen LogP contribution in [0.15, 0.2) is 23.3 Å². The van der Waals surface area contributed by atoms with Gasteiger partial charge in [-0.2, -0.15) is 0 Å². The summed E-state index contributed by atoms with van der Waals surface area (Å²) >= 11 is 0. The van der Waals surface area contributed by atoms with Gasteiger partial charge in [-0.25, -0.2) is 0 Å². The molecule has 0 saturated carbocycles. The molecule has 1 heterocycles. The molecule has 1 aromatic carbocycles. The number of aliphatic hydroxyl groups is 1. The number of carbonyl (C=O) groups is 1. The first kappa shape index (κ1) is 32.7. The van der Waals surface area contributed by atoms with Crippen LogP contribution in [0.3, 0.4) is 0 Å². The van der Waals surface area contributed by atoms with Crippen molar-refractivity contribution in [2.45, 2.75) is 78.0 Å². The van der Waals surface area contributed by atoms with Crippen LogP contribution in [-0.4, -0.2) is 69.7 Å². The van der Waals surface area contributed by atoms with Crippen molar-refractivity contribution in [3.8, 4) is 11.5 Å². The van der Waals surface area contributed by atoms with E-state index < -0.39 is 12.1 Å². The molecule has 1 aromatic rings. The van der Waals surface area contributed by atoms with Gasteiger partial charge in [0.25, 0.3) is 0 Å². The number of azide groups is 1. The standard InChI is InChI=1S/C29H49N5O5/c1-19(2)22(14-21-8-9-27(38-6)28(15-21)39-13-7-12-37-5)16-25(33-34-30)26(35)17-24(20(3)4)29(36)32-23-10-11-31-18-23/h8-9,15,19-20,22-26,31,35H,7,10-14,16-18H2,1-6H3,(H,32,36)/t22?,23-,24?,25?,26?/m1/s1. The SMILES string of the molecule is COCCCOc1cc(CC(CC(N=[N+]=[N-])C(O)CC(C(=O)N[C@@H]2CCNC2)C(C)C)C(C)C)ccc1OC. The van der Waals surface area contributed by atoms with Crippen molar-refractivity contribution in [3.05, 3.63) is 34.2 Å². The smallest absolute Gasteiger partial charge is 0.223 e. The monoisotopic (exact) mass is 547 g/mol. The van der Waals surface area contributed by atoms with Crippen molar-refractivity contribution in [3.63, 3.8) is 0 Å². The van der Waals surface area contributed by atoms with Crippen molar-refractivity contribution in [2.24, 2.45) is 28.8 Å². The molecule has 39 heavy (non-hydrogen) atoms. The summed E-state index contributed by atoms with van der Waals surface area (Å²) in [6.07, 6.45) is 2.25. The molecule has 220 valence electrons. The minimum atomic E-state index is -0.919.